The Bertz CT molecular complexity index is 534. The van der Waals surface area contributed by atoms with E-state index in [0.717, 1.165) is 24.6 Å². The average Bonchev–Trinajstić information content (AvgIpc) is 2.28. The Balaban J connectivity index is 2.07. The van der Waals surface area contributed by atoms with E-state index >= 15 is 0 Å². The van der Waals surface area contributed by atoms with Gasteiger partial charge < -0.3 is 5.32 Å². The average molecular weight is 423 g/mol. The molecule has 0 aliphatic carbocycles. The monoisotopic (exact) mass is 422 g/mol. The lowest BCUT2D eigenvalue weighted by Crippen LogP contribution is -2.02. The van der Waals surface area contributed by atoms with Crippen molar-refractivity contribution in [2.45, 2.75) is 6.54 Å². The van der Waals surface area contributed by atoms with Crippen molar-refractivity contribution in [3.8, 4) is 0 Å². The molecule has 0 radical (unpaired) electrons. The molecule has 1 heterocycles. The van der Waals surface area contributed by atoms with Crippen molar-refractivity contribution in [2.75, 3.05) is 5.32 Å². The molecule has 0 amide bonds. The number of benzene rings is 1. The highest BCUT2D eigenvalue weighted by molar-refractivity contribution is 14.1. The smallest absolute Gasteiger partial charge is 0.106 e. The fourth-order valence-electron chi connectivity index (χ4n) is 1.37. The molecule has 0 aliphatic heterocycles. The van der Waals surface area contributed by atoms with Crippen molar-refractivity contribution in [2.24, 2.45) is 0 Å². The molecule has 0 spiro atoms. The Kier molecular flexibility index (Phi) is 4.64. The summed E-state index contributed by atoms with van der Waals surface area (Å²) in [6, 6.07) is 11.7. The summed E-state index contributed by atoms with van der Waals surface area (Å²) in [6.07, 6.45) is 0. The van der Waals surface area contributed by atoms with Gasteiger partial charge in [-0.15, -0.1) is 0 Å². The van der Waals surface area contributed by atoms with Crippen LogP contribution >= 0.6 is 50.1 Å². The van der Waals surface area contributed by atoms with Crippen LogP contribution < -0.4 is 5.32 Å². The molecule has 0 saturated heterocycles. The Morgan fingerprint density at radius 3 is 2.82 bits per heavy atom. The van der Waals surface area contributed by atoms with E-state index in [2.05, 4.69) is 48.8 Å². The number of rotatable bonds is 3. The molecule has 0 saturated carbocycles. The van der Waals surface area contributed by atoms with Crippen molar-refractivity contribution in [1.82, 2.24) is 4.98 Å². The Morgan fingerprint density at radius 1 is 1.29 bits per heavy atom. The van der Waals surface area contributed by atoms with Crippen molar-refractivity contribution < 1.29 is 0 Å². The topological polar surface area (TPSA) is 24.9 Å². The Morgan fingerprint density at radius 2 is 2.12 bits per heavy atom. The van der Waals surface area contributed by atoms with Gasteiger partial charge in [0.25, 0.3) is 0 Å². The van der Waals surface area contributed by atoms with Crippen LogP contribution in [0.3, 0.4) is 0 Å². The fourth-order valence-corrected chi connectivity index (χ4v) is 2.81. The van der Waals surface area contributed by atoms with Gasteiger partial charge in [-0.05, 0) is 68.9 Å². The molecule has 1 aromatic carbocycles. The van der Waals surface area contributed by atoms with Gasteiger partial charge in [0.2, 0.25) is 0 Å². The van der Waals surface area contributed by atoms with E-state index in [1.807, 2.05) is 36.4 Å². The van der Waals surface area contributed by atoms with Crippen molar-refractivity contribution in [1.29, 1.82) is 0 Å². The first-order chi connectivity index (χ1) is 8.15. The Hall–Kier alpha value is -0.330. The second-order valence-electron chi connectivity index (χ2n) is 3.43. The first-order valence-electron chi connectivity index (χ1n) is 4.95. The van der Waals surface area contributed by atoms with Crippen LogP contribution in [0.1, 0.15) is 5.69 Å². The molecule has 0 aliphatic rings. The number of nitrogens with zero attached hydrogens (tertiary/aromatic N) is 1. The van der Waals surface area contributed by atoms with Crippen LogP contribution in [0, 0.1) is 3.57 Å². The largest absolute Gasteiger partial charge is 0.379 e. The maximum absolute atomic E-state index is 5.90. The second kappa shape index (κ2) is 6.02. The molecule has 1 aromatic heterocycles. The van der Waals surface area contributed by atoms with E-state index in [0.29, 0.717) is 6.54 Å². The predicted octanol–water partition coefficient (Wildman–Crippen LogP) is 4.71. The summed E-state index contributed by atoms with van der Waals surface area (Å²) in [5.41, 5.74) is 2.06. The zero-order chi connectivity index (χ0) is 12.3. The van der Waals surface area contributed by atoms with Gasteiger partial charge in [-0.25, -0.2) is 4.98 Å². The van der Waals surface area contributed by atoms with Gasteiger partial charge in [0, 0.05) is 14.3 Å². The standard InChI is InChI=1S/C12H9BrClIN2/c13-12-3-1-2-9(17-12)7-16-11-5-4-8(14)6-10(11)15/h1-6,16H,7H2. The minimum Gasteiger partial charge on any atom is -0.379 e. The first kappa shape index (κ1) is 13.1. The summed E-state index contributed by atoms with van der Waals surface area (Å²) in [5, 5.41) is 4.08. The van der Waals surface area contributed by atoms with Gasteiger partial charge >= 0.3 is 0 Å². The third-order valence-corrected chi connectivity index (χ3v) is 3.73. The number of anilines is 1. The van der Waals surface area contributed by atoms with Crippen LogP contribution in [-0.4, -0.2) is 4.98 Å². The number of pyridine rings is 1. The van der Waals surface area contributed by atoms with Crippen LogP contribution in [0.2, 0.25) is 5.02 Å². The molecule has 1 N–H and O–H groups in total. The van der Waals surface area contributed by atoms with E-state index in [4.69, 9.17) is 11.6 Å². The van der Waals surface area contributed by atoms with Crippen LogP contribution in [0.25, 0.3) is 0 Å². The highest BCUT2D eigenvalue weighted by Gasteiger charge is 2.01. The maximum atomic E-state index is 5.90. The lowest BCUT2D eigenvalue weighted by molar-refractivity contribution is 1.03. The van der Waals surface area contributed by atoms with Gasteiger partial charge in [-0.3, -0.25) is 0 Å². The predicted molar refractivity (Wildman–Crippen MR) is 83.4 cm³/mol. The van der Waals surface area contributed by atoms with E-state index < -0.39 is 0 Å². The molecule has 0 fully saturated rings. The highest BCUT2D eigenvalue weighted by atomic mass is 127. The molecule has 0 atom stereocenters. The van der Waals surface area contributed by atoms with Crippen molar-refractivity contribution in [3.63, 3.8) is 0 Å². The normalized spacial score (nSPS) is 10.3. The van der Waals surface area contributed by atoms with Gasteiger partial charge in [-0.1, -0.05) is 17.7 Å². The molecule has 0 bridgehead atoms. The summed E-state index contributed by atoms with van der Waals surface area (Å²) >= 11 is 11.5. The summed E-state index contributed by atoms with van der Waals surface area (Å²) in [6.45, 7) is 0.692. The van der Waals surface area contributed by atoms with Crippen LogP contribution in [-0.2, 0) is 6.54 Å². The van der Waals surface area contributed by atoms with Crippen LogP contribution in [0.15, 0.2) is 41.0 Å². The number of halogens is 3. The van der Waals surface area contributed by atoms with E-state index in [9.17, 15) is 0 Å². The van der Waals surface area contributed by atoms with Crippen molar-refractivity contribution >= 4 is 55.8 Å². The third kappa shape index (κ3) is 3.82. The van der Waals surface area contributed by atoms with E-state index in [1.165, 1.54) is 0 Å². The van der Waals surface area contributed by atoms with Crippen molar-refractivity contribution in [3.05, 3.63) is 55.3 Å². The molecule has 2 rings (SSSR count). The van der Waals surface area contributed by atoms with E-state index in [-0.39, 0.29) is 0 Å². The number of hydrogen-bond donors (Lipinski definition) is 1. The molecule has 17 heavy (non-hydrogen) atoms. The molecular formula is C12H9BrClIN2. The second-order valence-corrected chi connectivity index (χ2v) is 5.84. The van der Waals surface area contributed by atoms with Gasteiger partial charge in [0.1, 0.15) is 4.60 Å². The molecule has 5 heteroatoms. The van der Waals surface area contributed by atoms with Gasteiger partial charge in [0.05, 0.1) is 12.2 Å². The van der Waals surface area contributed by atoms with Crippen LogP contribution in [0.4, 0.5) is 5.69 Å². The lowest BCUT2D eigenvalue weighted by Gasteiger charge is -2.08. The van der Waals surface area contributed by atoms with E-state index in [1.54, 1.807) is 0 Å². The maximum Gasteiger partial charge on any atom is 0.106 e. The summed E-state index contributed by atoms with van der Waals surface area (Å²) < 4.78 is 1.95. The minimum atomic E-state index is 0.692. The molecule has 88 valence electrons. The zero-order valence-electron chi connectivity index (χ0n) is 8.75. The molecular weight excluding hydrogens is 414 g/mol. The summed E-state index contributed by atoms with van der Waals surface area (Å²) in [7, 11) is 0. The minimum absolute atomic E-state index is 0.692. The highest BCUT2D eigenvalue weighted by Crippen LogP contribution is 2.22. The van der Waals surface area contributed by atoms with Gasteiger partial charge in [0.15, 0.2) is 0 Å². The molecule has 0 unspecified atom stereocenters. The van der Waals surface area contributed by atoms with Crippen LogP contribution in [0.5, 0.6) is 0 Å². The summed E-state index contributed by atoms with van der Waals surface area (Å²) in [5.74, 6) is 0. The number of nitrogens with one attached hydrogen (secondary N) is 1. The lowest BCUT2D eigenvalue weighted by atomic mass is 10.3. The SMILES string of the molecule is Clc1ccc(NCc2cccc(Br)n2)c(I)c1. The van der Waals surface area contributed by atoms with Gasteiger partial charge in [-0.2, -0.15) is 0 Å². The quantitative estimate of drug-likeness (QED) is 0.571. The Labute approximate surface area is 127 Å². The summed E-state index contributed by atoms with van der Waals surface area (Å²) in [4.78, 5) is 4.36. The number of aromatic nitrogens is 1. The fraction of sp³-hybridized carbons (Fsp3) is 0.0833. The zero-order valence-corrected chi connectivity index (χ0v) is 13.3. The molecule has 2 aromatic rings. The first-order valence-corrected chi connectivity index (χ1v) is 7.20. The third-order valence-electron chi connectivity index (χ3n) is 2.16. The number of hydrogen-bond acceptors (Lipinski definition) is 2. The molecule has 2 nitrogen and oxygen atoms in total.